The Labute approximate surface area is 155 Å². The third-order valence-corrected chi connectivity index (χ3v) is 4.24. The van der Waals surface area contributed by atoms with Crippen molar-refractivity contribution >= 4 is 23.5 Å². The van der Waals surface area contributed by atoms with Crippen LogP contribution in [-0.4, -0.2) is 48.4 Å². The second-order valence-corrected chi connectivity index (χ2v) is 7.68. The fourth-order valence-electron chi connectivity index (χ4n) is 3.04. The number of carbonyl (C=O) groups is 3. The molecule has 0 spiro atoms. The van der Waals surface area contributed by atoms with Crippen LogP contribution in [0.25, 0.3) is 0 Å². The van der Waals surface area contributed by atoms with Gasteiger partial charge in [-0.05, 0) is 57.4 Å². The minimum absolute atomic E-state index is 0.0158. The van der Waals surface area contributed by atoms with Gasteiger partial charge in [0.25, 0.3) is 5.91 Å². The lowest BCUT2D eigenvalue weighted by atomic mass is 10.1. The Morgan fingerprint density at radius 1 is 1.23 bits per heavy atom. The topological polar surface area (TPSA) is 66.9 Å². The summed E-state index contributed by atoms with van der Waals surface area (Å²) in [5.74, 6) is -0.319. The summed E-state index contributed by atoms with van der Waals surface area (Å²) in [6, 6.07) is 5.46. The minimum atomic E-state index is -0.489. The molecule has 1 aliphatic heterocycles. The molecule has 0 atom stereocenters. The molecule has 2 rings (SSSR count). The van der Waals surface area contributed by atoms with Gasteiger partial charge in [-0.2, -0.15) is 0 Å². The molecule has 0 fully saturated rings. The van der Waals surface area contributed by atoms with Gasteiger partial charge >= 0.3 is 5.97 Å². The highest BCUT2D eigenvalue weighted by atomic mass is 16.6. The van der Waals surface area contributed by atoms with Gasteiger partial charge < -0.3 is 14.5 Å². The van der Waals surface area contributed by atoms with Crippen LogP contribution in [-0.2, 0) is 20.7 Å². The van der Waals surface area contributed by atoms with Crippen LogP contribution in [0.4, 0.5) is 5.69 Å². The predicted octanol–water partition coefficient (Wildman–Crippen LogP) is 2.79. The number of anilines is 1. The molecule has 0 saturated carbocycles. The molecule has 26 heavy (non-hydrogen) atoms. The lowest BCUT2D eigenvalue weighted by molar-refractivity contribution is -0.155. The van der Waals surface area contributed by atoms with E-state index in [1.807, 2.05) is 32.9 Å². The van der Waals surface area contributed by atoms with Crippen molar-refractivity contribution in [2.45, 2.75) is 52.6 Å². The first-order chi connectivity index (χ1) is 12.1. The van der Waals surface area contributed by atoms with Gasteiger partial charge in [0.15, 0.2) is 0 Å². The van der Waals surface area contributed by atoms with Gasteiger partial charge in [-0.25, -0.2) is 0 Å². The first-order valence-electron chi connectivity index (χ1n) is 8.97. The smallest absolute Gasteiger partial charge is 0.306 e. The second kappa shape index (κ2) is 7.89. The zero-order valence-electron chi connectivity index (χ0n) is 16.3. The zero-order chi connectivity index (χ0) is 19.5. The van der Waals surface area contributed by atoms with E-state index in [1.165, 1.54) is 0 Å². The molecule has 0 aromatic heterocycles. The Morgan fingerprint density at radius 2 is 1.92 bits per heavy atom. The Kier molecular flexibility index (Phi) is 6.05. The maximum Gasteiger partial charge on any atom is 0.306 e. The molecule has 1 aromatic rings. The number of benzene rings is 1. The van der Waals surface area contributed by atoms with E-state index in [0.717, 1.165) is 17.7 Å². The monoisotopic (exact) mass is 360 g/mol. The van der Waals surface area contributed by atoms with E-state index in [4.69, 9.17) is 4.74 Å². The van der Waals surface area contributed by atoms with Gasteiger partial charge in [0, 0.05) is 44.7 Å². The van der Waals surface area contributed by atoms with Crippen molar-refractivity contribution in [1.29, 1.82) is 0 Å². The van der Waals surface area contributed by atoms with Crippen molar-refractivity contribution in [3.63, 3.8) is 0 Å². The van der Waals surface area contributed by atoms with E-state index < -0.39 is 5.60 Å². The molecule has 0 aliphatic carbocycles. The number of carbonyl (C=O) groups excluding carboxylic acids is 3. The van der Waals surface area contributed by atoms with Crippen LogP contribution in [0.2, 0.25) is 0 Å². The van der Waals surface area contributed by atoms with Crippen molar-refractivity contribution in [3.05, 3.63) is 29.3 Å². The van der Waals surface area contributed by atoms with Crippen LogP contribution in [0, 0.1) is 0 Å². The highest BCUT2D eigenvalue weighted by Gasteiger charge is 2.24. The Balaban J connectivity index is 1.91. The van der Waals surface area contributed by atoms with Gasteiger partial charge in [-0.15, -0.1) is 0 Å². The van der Waals surface area contributed by atoms with Crippen LogP contribution >= 0.6 is 0 Å². The first-order valence-corrected chi connectivity index (χ1v) is 8.97. The van der Waals surface area contributed by atoms with Crippen LogP contribution in [0.15, 0.2) is 18.2 Å². The molecule has 0 unspecified atom stereocenters. The highest BCUT2D eigenvalue weighted by molar-refractivity contribution is 5.97. The van der Waals surface area contributed by atoms with Gasteiger partial charge in [0.2, 0.25) is 5.91 Å². The van der Waals surface area contributed by atoms with Crippen LogP contribution in [0.1, 0.15) is 56.5 Å². The van der Waals surface area contributed by atoms with Crippen molar-refractivity contribution in [1.82, 2.24) is 4.90 Å². The number of rotatable bonds is 5. The van der Waals surface area contributed by atoms with Crippen molar-refractivity contribution in [3.8, 4) is 0 Å². The average Bonchev–Trinajstić information content (AvgIpc) is 2.95. The summed E-state index contributed by atoms with van der Waals surface area (Å²) in [6.45, 7) is 8.19. The maximum atomic E-state index is 12.6. The van der Waals surface area contributed by atoms with Crippen LogP contribution in [0.3, 0.4) is 0 Å². The summed E-state index contributed by atoms with van der Waals surface area (Å²) in [4.78, 5) is 39.3. The molecule has 2 amide bonds. The van der Waals surface area contributed by atoms with E-state index in [2.05, 4.69) is 0 Å². The molecule has 6 nitrogen and oxygen atoms in total. The zero-order valence-corrected chi connectivity index (χ0v) is 16.3. The van der Waals surface area contributed by atoms with Crippen molar-refractivity contribution in [2.75, 3.05) is 25.0 Å². The normalized spacial score (nSPS) is 13.3. The number of hydrogen-bond acceptors (Lipinski definition) is 4. The number of nitrogens with zero attached hydrogens (tertiary/aromatic N) is 2. The summed E-state index contributed by atoms with van der Waals surface area (Å²) in [5.41, 5.74) is 2.03. The highest BCUT2D eigenvalue weighted by Crippen LogP contribution is 2.29. The Hall–Kier alpha value is -2.37. The van der Waals surface area contributed by atoms with E-state index in [0.29, 0.717) is 25.1 Å². The third-order valence-electron chi connectivity index (χ3n) is 4.24. The first kappa shape index (κ1) is 19.9. The summed E-state index contributed by atoms with van der Waals surface area (Å²) in [5, 5.41) is 0. The minimum Gasteiger partial charge on any atom is -0.460 e. The molecule has 0 radical (unpaired) electrons. The molecule has 142 valence electrons. The van der Waals surface area contributed by atoms with Gasteiger partial charge in [0.05, 0.1) is 0 Å². The van der Waals surface area contributed by atoms with E-state index in [9.17, 15) is 14.4 Å². The number of fused-ring (bicyclic) bond motifs is 1. The number of amides is 2. The van der Waals surface area contributed by atoms with Crippen molar-refractivity contribution < 1.29 is 19.1 Å². The fourth-order valence-corrected chi connectivity index (χ4v) is 3.04. The predicted molar refractivity (Wildman–Crippen MR) is 100 cm³/mol. The molecule has 6 heteroatoms. The molecule has 1 aromatic carbocycles. The second-order valence-electron chi connectivity index (χ2n) is 7.68. The lowest BCUT2D eigenvalue weighted by Crippen LogP contribution is -2.29. The molecule has 0 saturated heterocycles. The van der Waals surface area contributed by atoms with Crippen LogP contribution < -0.4 is 4.90 Å². The van der Waals surface area contributed by atoms with Crippen molar-refractivity contribution in [2.24, 2.45) is 0 Å². The van der Waals surface area contributed by atoms with E-state index in [1.54, 1.807) is 29.8 Å². The summed E-state index contributed by atoms with van der Waals surface area (Å²) >= 11 is 0. The maximum absolute atomic E-state index is 12.6. The lowest BCUT2D eigenvalue weighted by Gasteiger charge is -2.21. The average molecular weight is 360 g/mol. The van der Waals surface area contributed by atoms with Gasteiger partial charge in [-0.3, -0.25) is 14.4 Å². The molecular formula is C20H28N2O4. The SMILES string of the molecule is CC(=O)N1CCc2cc(C(=O)N(C)CCCC(=O)OC(C)(C)C)ccc21. The largest absolute Gasteiger partial charge is 0.460 e. The van der Waals surface area contributed by atoms with Crippen LogP contribution in [0.5, 0.6) is 0 Å². The summed E-state index contributed by atoms with van der Waals surface area (Å²) < 4.78 is 5.27. The molecule has 0 bridgehead atoms. The van der Waals surface area contributed by atoms with Gasteiger partial charge in [-0.1, -0.05) is 0 Å². The molecular weight excluding hydrogens is 332 g/mol. The molecule has 1 aliphatic rings. The third kappa shape index (κ3) is 5.07. The number of hydrogen-bond donors (Lipinski definition) is 0. The standard InChI is InChI=1S/C20H28N2O4/c1-14(23)22-12-10-15-13-16(8-9-17(15)22)19(25)21(5)11-6-7-18(24)26-20(2,3)4/h8-9,13H,6-7,10-12H2,1-5H3. The van der Waals surface area contributed by atoms with E-state index in [-0.39, 0.29) is 24.2 Å². The Morgan fingerprint density at radius 3 is 2.54 bits per heavy atom. The number of ether oxygens (including phenoxy) is 1. The van der Waals surface area contributed by atoms with E-state index >= 15 is 0 Å². The Bertz CT molecular complexity index is 706. The fraction of sp³-hybridized carbons (Fsp3) is 0.550. The summed E-state index contributed by atoms with van der Waals surface area (Å²) in [6.07, 6.45) is 1.60. The molecule has 0 N–H and O–H groups in total. The molecule has 1 heterocycles. The quantitative estimate of drug-likeness (QED) is 0.757. The summed E-state index contributed by atoms with van der Waals surface area (Å²) in [7, 11) is 1.73. The van der Waals surface area contributed by atoms with Gasteiger partial charge in [0.1, 0.15) is 5.60 Å². The number of esters is 1.